The van der Waals surface area contributed by atoms with Crippen LogP contribution in [0.4, 0.5) is 0 Å². The highest BCUT2D eigenvalue weighted by molar-refractivity contribution is 6.21. The molecule has 0 fully saturated rings. The number of hydrogen-bond donors (Lipinski definition) is 0. The molecule has 8 aromatic carbocycles. The molecule has 4 nitrogen and oxygen atoms in total. The molecule has 12 aromatic rings. The first-order chi connectivity index (χ1) is 26.8. The summed E-state index contributed by atoms with van der Waals surface area (Å²) in [6, 6.07) is 68.6. The van der Waals surface area contributed by atoms with Crippen LogP contribution in [-0.2, 0) is 0 Å². The number of nitrogens with zero attached hydrogens (tertiary/aromatic N) is 4. The van der Waals surface area contributed by atoms with Crippen LogP contribution in [0.25, 0.3) is 99.1 Å². The quantitative estimate of drug-likeness (QED) is 0.175. The maximum atomic E-state index is 2.49. The van der Waals surface area contributed by atoms with Gasteiger partial charge >= 0.3 is 0 Å². The summed E-state index contributed by atoms with van der Waals surface area (Å²) in [5.41, 5.74) is 13.0. The molecule has 54 heavy (non-hydrogen) atoms. The normalized spacial score (nSPS) is 12.1. The first-order valence-electron chi connectivity index (χ1n) is 18.5. The molecule has 4 heterocycles. The van der Waals surface area contributed by atoms with Crippen LogP contribution >= 0.6 is 0 Å². The summed E-state index contributed by atoms with van der Waals surface area (Å²) in [4.78, 5) is 0. The van der Waals surface area contributed by atoms with E-state index < -0.39 is 0 Å². The third-order valence-corrected chi connectivity index (χ3v) is 11.3. The van der Waals surface area contributed by atoms with Crippen molar-refractivity contribution in [3.8, 4) is 22.7 Å². The molecule has 0 aliphatic heterocycles. The Morgan fingerprint density at radius 3 is 1.31 bits per heavy atom. The summed E-state index contributed by atoms with van der Waals surface area (Å²) in [7, 11) is 0. The number of benzene rings is 8. The van der Waals surface area contributed by atoms with E-state index in [1.807, 2.05) is 0 Å². The monoisotopic (exact) mass is 688 g/mol. The van der Waals surface area contributed by atoms with Crippen LogP contribution < -0.4 is 0 Å². The summed E-state index contributed by atoms with van der Waals surface area (Å²) in [6.45, 7) is 0. The average molecular weight is 689 g/mol. The van der Waals surface area contributed by atoms with Gasteiger partial charge in [-0.25, -0.2) is 0 Å². The third-order valence-electron chi connectivity index (χ3n) is 11.3. The van der Waals surface area contributed by atoms with E-state index in [-0.39, 0.29) is 0 Å². The van der Waals surface area contributed by atoms with Crippen molar-refractivity contribution in [1.29, 1.82) is 0 Å². The molecular formula is C50H32N4. The fraction of sp³-hybridized carbons (Fsp3) is 0. The van der Waals surface area contributed by atoms with Crippen molar-refractivity contribution in [3.63, 3.8) is 0 Å². The van der Waals surface area contributed by atoms with Crippen LogP contribution in [-0.4, -0.2) is 18.3 Å². The van der Waals surface area contributed by atoms with Gasteiger partial charge in [0.25, 0.3) is 0 Å². The molecular weight excluding hydrogens is 657 g/mol. The van der Waals surface area contributed by atoms with E-state index >= 15 is 0 Å². The first-order valence-corrected chi connectivity index (χ1v) is 18.5. The van der Waals surface area contributed by atoms with Crippen molar-refractivity contribution in [1.82, 2.24) is 18.3 Å². The lowest BCUT2D eigenvalue weighted by molar-refractivity contribution is 1.12. The van der Waals surface area contributed by atoms with Gasteiger partial charge in [-0.2, -0.15) is 0 Å². The Labute approximate surface area is 310 Å². The van der Waals surface area contributed by atoms with Gasteiger partial charge in [0.15, 0.2) is 0 Å². The molecule has 0 aliphatic rings. The Balaban J connectivity index is 1.22. The van der Waals surface area contributed by atoms with Crippen molar-refractivity contribution < 1.29 is 0 Å². The van der Waals surface area contributed by atoms with Gasteiger partial charge in [-0.05, 0) is 97.1 Å². The van der Waals surface area contributed by atoms with Crippen molar-refractivity contribution in [2.24, 2.45) is 0 Å². The molecule has 0 aliphatic carbocycles. The summed E-state index contributed by atoms with van der Waals surface area (Å²) >= 11 is 0. The minimum Gasteiger partial charge on any atom is -0.316 e. The number of aromatic nitrogens is 4. The van der Waals surface area contributed by atoms with Gasteiger partial charge < -0.3 is 18.3 Å². The van der Waals surface area contributed by atoms with Crippen molar-refractivity contribution in [3.05, 3.63) is 194 Å². The van der Waals surface area contributed by atoms with Crippen LogP contribution in [0.1, 0.15) is 0 Å². The van der Waals surface area contributed by atoms with Gasteiger partial charge in [-0.15, -0.1) is 0 Å². The average Bonchev–Trinajstić information content (AvgIpc) is 3.98. The highest BCUT2D eigenvalue weighted by atomic mass is 15.0. The van der Waals surface area contributed by atoms with Crippen LogP contribution in [0, 0.1) is 0 Å². The smallest absolute Gasteiger partial charge is 0.0562 e. The lowest BCUT2D eigenvalue weighted by Crippen LogP contribution is -1.97. The summed E-state index contributed by atoms with van der Waals surface area (Å²) < 4.78 is 9.61. The van der Waals surface area contributed by atoms with Crippen molar-refractivity contribution >= 4 is 76.3 Å². The van der Waals surface area contributed by atoms with Gasteiger partial charge in [0.05, 0.1) is 38.6 Å². The zero-order valence-electron chi connectivity index (χ0n) is 29.3. The maximum Gasteiger partial charge on any atom is 0.0562 e. The van der Waals surface area contributed by atoms with E-state index in [1.54, 1.807) is 0 Å². The fourth-order valence-electron chi connectivity index (χ4n) is 9.01. The largest absolute Gasteiger partial charge is 0.316 e. The minimum atomic E-state index is 1.14. The molecule has 0 radical (unpaired) electrons. The zero-order valence-corrected chi connectivity index (χ0v) is 29.3. The van der Waals surface area contributed by atoms with E-state index in [4.69, 9.17) is 0 Å². The Bertz CT molecular complexity index is 3410. The molecule has 0 saturated carbocycles. The number of fused-ring (bicyclic) bond motifs is 10. The number of para-hydroxylation sites is 5. The molecule has 12 rings (SSSR count). The van der Waals surface area contributed by atoms with Gasteiger partial charge in [0, 0.05) is 66.6 Å². The second kappa shape index (κ2) is 11.1. The molecule has 252 valence electrons. The van der Waals surface area contributed by atoms with Crippen LogP contribution in [0.5, 0.6) is 0 Å². The van der Waals surface area contributed by atoms with E-state index in [1.165, 1.54) is 76.3 Å². The molecule has 0 bridgehead atoms. The molecule has 0 atom stereocenters. The summed E-state index contributed by atoms with van der Waals surface area (Å²) in [6.07, 6.45) is 2.20. The lowest BCUT2D eigenvalue weighted by Gasteiger charge is -2.12. The molecule has 4 aromatic heterocycles. The predicted octanol–water partition coefficient (Wildman–Crippen LogP) is 12.9. The second-order valence-electron chi connectivity index (χ2n) is 14.2. The SMILES string of the molecule is c1ccc(-n2ccc3cc4c5cc6c7ccccc7n(-c7ccccc7)c6cc5n(-c5ccc6c(c5)c5ccccc5n6-c5ccccc5)c4cc32)cc1. The molecule has 0 spiro atoms. The number of hydrogen-bond acceptors (Lipinski definition) is 0. The minimum absolute atomic E-state index is 1.14. The highest BCUT2D eigenvalue weighted by Gasteiger charge is 2.21. The Morgan fingerprint density at radius 2 is 0.685 bits per heavy atom. The summed E-state index contributed by atoms with van der Waals surface area (Å²) in [5.74, 6) is 0. The van der Waals surface area contributed by atoms with E-state index in [9.17, 15) is 0 Å². The van der Waals surface area contributed by atoms with Gasteiger partial charge in [0.2, 0.25) is 0 Å². The molecule has 0 amide bonds. The van der Waals surface area contributed by atoms with Crippen molar-refractivity contribution in [2.75, 3.05) is 0 Å². The topological polar surface area (TPSA) is 19.7 Å². The third kappa shape index (κ3) is 4.08. The molecule has 0 N–H and O–H groups in total. The van der Waals surface area contributed by atoms with Crippen molar-refractivity contribution in [2.45, 2.75) is 0 Å². The highest BCUT2D eigenvalue weighted by Crippen LogP contribution is 2.42. The van der Waals surface area contributed by atoms with Gasteiger partial charge in [-0.1, -0.05) is 91.0 Å². The maximum absolute atomic E-state index is 2.49. The van der Waals surface area contributed by atoms with E-state index in [0.29, 0.717) is 0 Å². The van der Waals surface area contributed by atoms with Gasteiger partial charge in [-0.3, -0.25) is 0 Å². The molecule has 4 heteroatoms. The van der Waals surface area contributed by atoms with Crippen LogP contribution in [0.3, 0.4) is 0 Å². The lowest BCUT2D eigenvalue weighted by atomic mass is 10.1. The first kappa shape index (κ1) is 29.3. The fourth-order valence-corrected chi connectivity index (χ4v) is 9.01. The zero-order chi connectivity index (χ0) is 35.3. The summed E-state index contributed by atoms with van der Waals surface area (Å²) in [5, 5.41) is 8.69. The molecule has 0 saturated heterocycles. The number of rotatable bonds is 4. The van der Waals surface area contributed by atoms with E-state index in [2.05, 4.69) is 213 Å². The molecule has 0 unspecified atom stereocenters. The van der Waals surface area contributed by atoms with Crippen LogP contribution in [0.2, 0.25) is 0 Å². The second-order valence-corrected chi connectivity index (χ2v) is 14.2. The van der Waals surface area contributed by atoms with Crippen LogP contribution in [0.15, 0.2) is 194 Å². The Kier molecular flexibility index (Phi) is 6.02. The Morgan fingerprint density at radius 1 is 0.241 bits per heavy atom. The standard InChI is InChI=1S/C50H32N4/c1-4-14-34(15-5-1)51-27-26-33-28-40-43-30-42-39-21-11-13-23-45(39)53(36-18-8-3-9-19-36)49(42)32-50(43)54(48(40)31-47(33)51)37-24-25-46-41(29-37)38-20-10-12-22-44(38)52(46)35-16-6-2-7-17-35/h1-32H. The van der Waals surface area contributed by atoms with Gasteiger partial charge in [0.1, 0.15) is 0 Å². The van der Waals surface area contributed by atoms with E-state index in [0.717, 1.165) is 22.7 Å². The predicted molar refractivity (Wildman–Crippen MR) is 226 cm³/mol. The Hall–Kier alpha value is -7.30.